The smallest absolute Gasteiger partial charge is 0.416 e. The fraction of sp³-hybridized carbons (Fsp3) is 0.143. The Morgan fingerprint density at radius 2 is 0.688 bits per heavy atom. The first-order valence-electron chi connectivity index (χ1n) is 26.3. The molecule has 9 aromatic carbocycles. The van der Waals surface area contributed by atoms with Crippen LogP contribution in [0.5, 0.6) is 5.75 Å². The van der Waals surface area contributed by atoms with E-state index in [0.717, 1.165) is 32.3 Å². The van der Waals surface area contributed by atoms with E-state index in [1.807, 2.05) is 60.7 Å². The summed E-state index contributed by atoms with van der Waals surface area (Å²) in [7, 11) is 0. The van der Waals surface area contributed by atoms with Crippen LogP contribution < -0.4 is 31.2 Å². The van der Waals surface area contributed by atoms with E-state index in [9.17, 15) is 115 Å². The van der Waals surface area contributed by atoms with Crippen molar-refractivity contribution in [3.8, 4) is 5.75 Å². The topological polar surface area (TPSA) is 60.1 Å². The van der Waals surface area contributed by atoms with Crippen LogP contribution in [0.2, 0.25) is 0 Å². The highest BCUT2D eigenvalue weighted by Gasteiger charge is 2.47. The molecule has 0 N–H and O–H groups in total. The second-order valence-electron chi connectivity index (χ2n) is 20.8. The van der Waals surface area contributed by atoms with E-state index >= 15 is 0 Å². The minimum Gasteiger partial charge on any atom is -0.417 e. The number of benzene rings is 9. The number of ketones is 1. The molecule has 0 aliphatic carbocycles. The van der Waals surface area contributed by atoms with Gasteiger partial charge in [-0.05, 0) is 64.0 Å². The number of alkyl halides is 24. The predicted octanol–water partition coefficient (Wildman–Crippen LogP) is 17.1. The van der Waals surface area contributed by atoms with Crippen LogP contribution in [0.1, 0.15) is 65.4 Å². The van der Waals surface area contributed by atoms with Gasteiger partial charge in [0.05, 0.1) is 50.7 Å². The zero-order valence-electron chi connectivity index (χ0n) is 45.9. The van der Waals surface area contributed by atoms with Crippen LogP contribution in [0.15, 0.2) is 188 Å². The molecule has 1 aromatic heterocycles. The molecule has 0 amide bonds. The lowest BCUT2D eigenvalue weighted by Gasteiger charge is -2.46. The molecule has 30 heteroatoms. The summed E-state index contributed by atoms with van der Waals surface area (Å²) in [6.45, 7) is -0.00209. The van der Waals surface area contributed by atoms with Crippen molar-refractivity contribution in [3.63, 3.8) is 0 Å². The minimum atomic E-state index is -6.13. The highest BCUT2D eigenvalue weighted by molar-refractivity contribution is 7.20. The standard InChI is InChI=1S/C32H12BF24.C31H21N2O3/c34-25(35,36)13-1-14(26(37,38)39)6-21(5-13)33(22-7-15(27(40,41)42)2-16(8-22)28(43,44)45,23-9-17(29(46,47)48)3-18(10-23)30(49,50)51)24-11-19(31(52,53)54)4-20(12-24)32(55,56)57;34-29(21-8-2-1-3-9-21)20-33-15-14-32-19-28(33)31(35)36-30-26-13-7-6-12-24(26)17-25-16-22-10-4-5-11-23(22)18-27(25)30/h1-12H;1-19H,20H2/q-1;+1. The van der Waals surface area contributed by atoms with E-state index in [0.29, 0.717) is 11.3 Å². The molecule has 0 saturated carbocycles. The van der Waals surface area contributed by atoms with Gasteiger partial charge in [0.15, 0.2) is 6.20 Å². The van der Waals surface area contributed by atoms with Crippen molar-refractivity contribution in [3.05, 3.63) is 244 Å². The number of fused-ring (bicyclic) bond motifs is 3. The van der Waals surface area contributed by atoms with Crippen molar-refractivity contribution in [2.45, 2.75) is 56.0 Å². The molecule has 0 aliphatic heterocycles. The molecule has 484 valence electrons. The molecule has 5 nitrogen and oxygen atoms in total. The fourth-order valence-electron chi connectivity index (χ4n) is 10.6. The Kier molecular flexibility index (Phi) is 17.6. The van der Waals surface area contributed by atoms with Crippen LogP contribution >= 0.6 is 0 Å². The third-order valence-corrected chi connectivity index (χ3v) is 14.8. The molecule has 1 heterocycles. The first-order chi connectivity index (χ1) is 42.9. The molecule has 10 rings (SSSR count). The maximum atomic E-state index is 14.2. The van der Waals surface area contributed by atoms with E-state index in [4.69, 9.17) is 4.74 Å². The lowest BCUT2D eigenvalue weighted by atomic mass is 9.12. The lowest BCUT2D eigenvalue weighted by molar-refractivity contribution is -0.686. The van der Waals surface area contributed by atoms with Gasteiger partial charge in [-0.15, -0.1) is 0 Å². The molecule has 0 bridgehead atoms. The number of ether oxygens (including phenoxy) is 1. The summed E-state index contributed by atoms with van der Waals surface area (Å²) < 4.78 is 348. The van der Waals surface area contributed by atoms with Crippen LogP contribution in [0.25, 0.3) is 32.3 Å². The highest BCUT2D eigenvalue weighted by Crippen LogP contribution is 2.43. The maximum absolute atomic E-state index is 14.2. The molecule has 0 spiro atoms. The zero-order chi connectivity index (χ0) is 68.4. The Labute approximate surface area is 506 Å². The van der Waals surface area contributed by atoms with Crippen LogP contribution in [0.3, 0.4) is 0 Å². The van der Waals surface area contributed by atoms with Gasteiger partial charge < -0.3 is 4.74 Å². The van der Waals surface area contributed by atoms with Gasteiger partial charge in [-0.2, -0.15) is 132 Å². The Bertz CT molecular complexity index is 4070. The Morgan fingerprint density at radius 1 is 0.366 bits per heavy atom. The summed E-state index contributed by atoms with van der Waals surface area (Å²) in [5, 5.41) is 5.81. The van der Waals surface area contributed by atoms with Crippen LogP contribution in [0.4, 0.5) is 105 Å². The normalized spacial score (nSPS) is 13.1. The number of hydrogen-bond acceptors (Lipinski definition) is 4. The number of hydrogen-bond donors (Lipinski definition) is 0. The van der Waals surface area contributed by atoms with E-state index in [1.165, 1.54) is 6.20 Å². The van der Waals surface area contributed by atoms with E-state index < -0.39 is 201 Å². The minimum absolute atomic E-state index is 0.00209. The van der Waals surface area contributed by atoms with Crippen LogP contribution in [-0.2, 0) is 56.0 Å². The quantitative estimate of drug-likeness (QED) is 0.0275. The number of nitrogens with zero attached hydrogens (tertiary/aromatic N) is 2. The molecule has 0 aliphatic rings. The molecule has 0 radical (unpaired) electrons. The summed E-state index contributed by atoms with van der Waals surface area (Å²) in [5.74, 6) is -0.193. The van der Waals surface area contributed by atoms with Gasteiger partial charge in [0.1, 0.15) is 18.1 Å². The van der Waals surface area contributed by atoms with Crippen molar-refractivity contribution >= 4 is 72.1 Å². The molecule has 0 fully saturated rings. The summed E-state index contributed by atoms with van der Waals surface area (Å²) in [4.78, 5) is 30.5. The summed E-state index contributed by atoms with van der Waals surface area (Å²) in [6.07, 6.45) is -50.2. The first-order valence-corrected chi connectivity index (χ1v) is 26.3. The monoisotopic (exact) mass is 1330 g/mol. The van der Waals surface area contributed by atoms with Gasteiger partial charge in [0.2, 0.25) is 12.3 Å². The van der Waals surface area contributed by atoms with Crippen LogP contribution in [-0.4, -0.2) is 22.9 Å². The highest BCUT2D eigenvalue weighted by atomic mass is 19.4. The number of carbonyl (C=O) groups is 2. The average Bonchev–Trinajstić information content (AvgIpc) is 0.713. The Hall–Kier alpha value is -9.64. The molecule has 0 saturated heterocycles. The second-order valence-corrected chi connectivity index (χ2v) is 20.8. The number of carbonyl (C=O) groups excluding carboxylic acids is 2. The lowest BCUT2D eigenvalue weighted by Crippen LogP contribution is -2.75. The maximum Gasteiger partial charge on any atom is 0.416 e. The summed E-state index contributed by atoms with van der Waals surface area (Å²) in [5.41, 5.74) is -29.4. The first kappa shape index (κ1) is 67.7. The summed E-state index contributed by atoms with van der Waals surface area (Å²) in [6, 6.07) is 22.4. The van der Waals surface area contributed by atoms with Crippen molar-refractivity contribution in [1.29, 1.82) is 0 Å². The van der Waals surface area contributed by atoms with E-state index in [-0.39, 0.29) is 18.0 Å². The van der Waals surface area contributed by atoms with Crippen molar-refractivity contribution in [2.24, 2.45) is 0 Å². The SMILES string of the molecule is FC(F)(F)c1cc([B-](c2cc(C(F)(F)F)cc(C(F)(F)F)c2)(c2cc(C(F)(F)F)cc(C(F)(F)F)c2)c2cc(C(F)(F)F)cc(C(F)(F)F)c2)cc(C(F)(F)F)c1.O=C(C[n+]1ccncc1C(=O)Oc1c2ccccc2cc2cc3ccccc3cc12)c1ccccc1. The largest absolute Gasteiger partial charge is 0.417 e. The van der Waals surface area contributed by atoms with Gasteiger partial charge in [-0.1, -0.05) is 127 Å². The Morgan fingerprint density at radius 3 is 1.05 bits per heavy atom. The molecule has 10 aromatic rings. The van der Waals surface area contributed by atoms with Crippen molar-refractivity contribution < 1.29 is 124 Å². The second kappa shape index (κ2) is 24.1. The van der Waals surface area contributed by atoms with Gasteiger partial charge in [-0.25, -0.2) is 4.79 Å². The Balaban J connectivity index is 0.000000241. The fourth-order valence-corrected chi connectivity index (χ4v) is 10.6. The van der Waals surface area contributed by atoms with Gasteiger partial charge in [0, 0.05) is 16.3 Å². The zero-order valence-corrected chi connectivity index (χ0v) is 45.9. The van der Waals surface area contributed by atoms with E-state index in [2.05, 4.69) is 29.2 Å². The summed E-state index contributed by atoms with van der Waals surface area (Å²) >= 11 is 0. The number of aromatic nitrogens is 2. The van der Waals surface area contributed by atoms with E-state index in [1.54, 1.807) is 29.1 Å². The van der Waals surface area contributed by atoms with Gasteiger partial charge >= 0.3 is 61.1 Å². The molecule has 0 atom stereocenters. The molecular formula is C63H33BF24N2O3. The van der Waals surface area contributed by atoms with Crippen molar-refractivity contribution in [2.75, 3.05) is 0 Å². The molecule has 93 heavy (non-hydrogen) atoms. The average molecular weight is 1330 g/mol. The van der Waals surface area contributed by atoms with Crippen molar-refractivity contribution in [1.82, 2.24) is 4.98 Å². The third kappa shape index (κ3) is 14.5. The number of rotatable bonds is 9. The number of esters is 1. The number of Topliss-reactive ketones (excluding diaryl/α,β-unsaturated/α-hetero) is 1. The number of halogens is 24. The predicted molar refractivity (Wildman–Crippen MR) is 289 cm³/mol. The van der Waals surface area contributed by atoms with Crippen LogP contribution in [0, 0.1) is 0 Å². The van der Waals surface area contributed by atoms with Gasteiger partial charge in [-0.3, -0.25) is 9.78 Å². The third-order valence-electron chi connectivity index (χ3n) is 14.8. The van der Waals surface area contributed by atoms with Gasteiger partial charge in [0.25, 0.3) is 0 Å². The molecular weight excluding hydrogens is 1300 g/mol. The molecule has 0 unspecified atom stereocenters.